The van der Waals surface area contributed by atoms with E-state index in [2.05, 4.69) is 24.6 Å². The average Bonchev–Trinajstić information content (AvgIpc) is 3.37. The first-order chi connectivity index (χ1) is 14.9. The molecule has 31 heavy (non-hydrogen) atoms. The van der Waals surface area contributed by atoms with Crippen LogP contribution in [0.1, 0.15) is 43.1 Å². The van der Waals surface area contributed by atoms with Crippen molar-refractivity contribution in [2.75, 3.05) is 6.61 Å². The maximum Gasteiger partial charge on any atom is 0.357 e. The first kappa shape index (κ1) is 19.9. The van der Waals surface area contributed by atoms with Gasteiger partial charge in [0, 0.05) is 16.9 Å². The van der Waals surface area contributed by atoms with Crippen molar-refractivity contribution in [2.24, 2.45) is 5.92 Å². The van der Waals surface area contributed by atoms with Crippen LogP contribution in [-0.4, -0.2) is 41.3 Å². The molecule has 0 N–H and O–H groups in total. The summed E-state index contributed by atoms with van der Waals surface area (Å²) in [6, 6.07) is 11.2. The van der Waals surface area contributed by atoms with Crippen molar-refractivity contribution in [1.82, 2.24) is 4.98 Å². The van der Waals surface area contributed by atoms with E-state index in [0.29, 0.717) is 24.1 Å². The van der Waals surface area contributed by atoms with Gasteiger partial charge in [-0.05, 0) is 50.3 Å². The molecule has 1 aromatic heterocycles. The van der Waals surface area contributed by atoms with Gasteiger partial charge in [0.05, 0.1) is 11.1 Å². The summed E-state index contributed by atoms with van der Waals surface area (Å²) in [7, 11) is 0. The third-order valence-corrected chi connectivity index (χ3v) is 6.64. The van der Waals surface area contributed by atoms with E-state index in [0.717, 1.165) is 29.3 Å². The maximum atomic E-state index is 12.6. The van der Waals surface area contributed by atoms with Crippen molar-refractivity contribution in [1.29, 1.82) is 0 Å². The number of aromatic nitrogens is 1. The molecule has 5 rings (SSSR count). The van der Waals surface area contributed by atoms with E-state index >= 15 is 0 Å². The highest BCUT2D eigenvalue weighted by Gasteiger charge is 2.61. The summed E-state index contributed by atoms with van der Waals surface area (Å²) in [6.07, 6.45) is 4.86. The predicted molar refractivity (Wildman–Crippen MR) is 114 cm³/mol. The van der Waals surface area contributed by atoms with E-state index in [-0.39, 0.29) is 36.3 Å². The molecule has 2 aromatic rings. The van der Waals surface area contributed by atoms with E-state index in [9.17, 15) is 9.59 Å². The minimum absolute atomic E-state index is 0.0625. The zero-order valence-corrected chi connectivity index (χ0v) is 17.5. The number of esters is 2. The van der Waals surface area contributed by atoms with Crippen LogP contribution >= 0.6 is 0 Å². The summed E-state index contributed by atoms with van der Waals surface area (Å²) in [5.74, 6) is -0.840. The first-order valence-electron chi connectivity index (χ1n) is 10.7. The molecule has 1 aromatic carbocycles. The van der Waals surface area contributed by atoms with E-state index in [4.69, 9.17) is 14.2 Å². The molecule has 160 valence electrons. The highest BCUT2D eigenvalue weighted by Crippen LogP contribution is 2.49. The average molecular weight is 419 g/mol. The molecule has 1 aliphatic carbocycles. The van der Waals surface area contributed by atoms with Gasteiger partial charge in [-0.2, -0.15) is 0 Å². The molecule has 2 saturated heterocycles. The lowest BCUT2D eigenvalue weighted by molar-refractivity contribution is -0.140. The number of para-hydroxylation sites is 1. The van der Waals surface area contributed by atoms with Crippen LogP contribution in [0.2, 0.25) is 0 Å². The van der Waals surface area contributed by atoms with Crippen molar-refractivity contribution in [3.63, 3.8) is 0 Å². The number of carbonyl (C=O) groups is 2. The molecule has 6 nitrogen and oxygen atoms in total. The second kappa shape index (κ2) is 7.61. The van der Waals surface area contributed by atoms with Crippen molar-refractivity contribution in [3.05, 3.63) is 65.9 Å². The van der Waals surface area contributed by atoms with Crippen molar-refractivity contribution in [3.8, 4) is 0 Å². The molecule has 4 atom stereocenters. The molecule has 3 heterocycles. The third kappa shape index (κ3) is 3.76. The standard InChI is InChI=1S/C25H25NO5/c1-15-18-11-9-16(6-5-13-25(2)22(31-25)21(18)30-23(15)27)14-29-24(28)20-12-10-17-7-3-4-8-19(17)26-20/h3-4,6-8,10,12,18,21-22H,1,5,9,11,13-14H2,2H3/t18-,21-,22-,25+/m0/s1. The van der Waals surface area contributed by atoms with Crippen LogP contribution < -0.4 is 0 Å². The van der Waals surface area contributed by atoms with Gasteiger partial charge in [-0.25, -0.2) is 14.6 Å². The Morgan fingerprint density at radius 2 is 2.13 bits per heavy atom. The Morgan fingerprint density at radius 1 is 1.29 bits per heavy atom. The number of epoxide rings is 1. The first-order valence-corrected chi connectivity index (χ1v) is 10.7. The van der Waals surface area contributed by atoms with Crippen LogP contribution in [-0.2, 0) is 19.0 Å². The van der Waals surface area contributed by atoms with Crippen LogP contribution in [0.25, 0.3) is 10.9 Å². The second-order valence-corrected chi connectivity index (χ2v) is 8.76. The molecule has 2 aliphatic heterocycles. The summed E-state index contributed by atoms with van der Waals surface area (Å²) in [5, 5.41) is 0.978. The summed E-state index contributed by atoms with van der Waals surface area (Å²) in [6.45, 7) is 6.20. The monoisotopic (exact) mass is 419 g/mol. The van der Waals surface area contributed by atoms with Gasteiger partial charge in [0.25, 0.3) is 0 Å². The minimum atomic E-state index is -0.442. The number of pyridine rings is 1. The number of fused-ring (bicyclic) bond motifs is 4. The molecule has 0 spiro atoms. The fourth-order valence-corrected chi connectivity index (χ4v) is 4.66. The molecule has 0 radical (unpaired) electrons. The van der Waals surface area contributed by atoms with Crippen LogP contribution in [0, 0.1) is 5.92 Å². The summed E-state index contributed by atoms with van der Waals surface area (Å²) >= 11 is 0. The number of nitrogens with zero attached hydrogens (tertiary/aromatic N) is 1. The second-order valence-electron chi connectivity index (χ2n) is 8.76. The Hall–Kier alpha value is -2.99. The van der Waals surface area contributed by atoms with Gasteiger partial charge in [-0.15, -0.1) is 0 Å². The maximum absolute atomic E-state index is 12.6. The highest BCUT2D eigenvalue weighted by molar-refractivity contribution is 5.91. The van der Waals surface area contributed by atoms with Gasteiger partial charge < -0.3 is 14.2 Å². The molecular weight excluding hydrogens is 394 g/mol. The largest absolute Gasteiger partial charge is 0.456 e. The predicted octanol–water partition coefficient (Wildman–Crippen LogP) is 4.15. The van der Waals surface area contributed by atoms with E-state index in [1.165, 1.54) is 0 Å². The van der Waals surface area contributed by atoms with Crippen molar-refractivity contribution < 1.29 is 23.8 Å². The zero-order chi connectivity index (χ0) is 21.6. The van der Waals surface area contributed by atoms with Crippen molar-refractivity contribution in [2.45, 2.75) is 50.4 Å². The van der Waals surface area contributed by atoms with Crippen LogP contribution in [0.3, 0.4) is 0 Å². The molecule has 3 aliphatic rings. The third-order valence-electron chi connectivity index (χ3n) is 6.64. The zero-order valence-electron chi connectivity index (χ0n) is 17.5. The van der Waals surface area contributed by atoms with E-state index in [1.807, 2.05) is 30.3 Å². The van der Waals surface area contributed by atoms with Crippen LogP contribution in [0.15, 0.2) is 60.2 Å². The van der Waals surface area contributed by atoms with Gasteiger partial charge in [0.15, 0.2) is 0 Å². The Morgan fingerprint density at radius 3 is 3.00 bits per heavy atom. The molecule has 0 unspecified atom stereocenters. The summed E-state index contributed by atoms with van der Waals surface area (Å²) in [5.41, 5.74) is 2.32. The number of rotatable bonds is 3. The number of allylic oxidation sites excluding steroid dienone is 1. The number of benzene rings is 1. The highest BCUT2D eigenvalue weighted by atomic mass is 16.6. The topological polar surface area (TPSA) is 78.0 Å². The lowest BCUT2D eigenvalue weighted by Gasteiger charge is -2.20. The van der Waals surface area contributed by atoms with E-state index < -0.39 is 5.97 Å². The molecule has 0 bridgehead atoms. The fraction of sp³-hybridized carbons (Fsp3) is 0.400. The molecule has 6 heteroatoms. The Labute approximate surface area is 180 Å². The van der Waals surface area contributed by atoms with Crippen LogP contribution in [0.5, 0.6) is 0 Å². The molecule has 0 amide bonds. The molecular formula is C25H25NO5. The molecule has 0 saturated carbocycles. The lowest BCUT2D eigenvalue weighted by atomic mass is 9.84. The smallest absolute Gasteiger partial charge is 0.357 e. The van der Waals surface area contributed by atoms with Gasteiger partial charge in [0.2, 0.25) is 0 Å². The van der Waals surface area contributed by atoms with Crippen molar-refractivity contribution >= 4 is 22.8 Å². The normalized spacial score (nSPS) is 30.1. The lowest BCUT2D eigenvalue weighted by Crippen LogP contribution is -2.29. The Balaban J connectivity index is 1.28. The minimum Gasteiger partial charge on any atom is -0.456 e. The molecule has 2 fully saturated rings. The van der Waals surface area contributed by atoms with Gasteiger partial charge >= 0.3 is 11.9 Å². The number of hydrogen-bond acceptors (Lipinski definition) is 6. The number of hydrogen-bond donors (Lipinski definition) is 0. The quantitative estimate of drug-likeness (QED) is 0.322. The SMILES string of the molecule is C=C1C(=O)O[C@H]2[C@H]1CCC(COC(=O)c1ccc3ccccc3n1)=CCC[C@@]1(C)O[C@@H]21. The van der Waals surface area contributed by atoms with Gasteiger partial charge in [-0.3, -0.25) is 0 Å². The fourth-order valence-electron chi connectivity index (χ4n) is 4.66. The van der Waals surface area contributed by atoms with Gasteiger partial charge in [-0.1, -0.05) is 36.9 Å². The van der Waals surface area contributed by atoms with Gasteiger partial charge in [0.1, 0.15) is 24.5 Å². The van der Waals surface area contributed by atoms with E-state index in [1.54, 1.807) is 6.07 Å². The number of carbonyl (C=O) groups excluding carboxylic acids is 2. The Bertz CT molecular complexity index is 1110. The van der Waals surface area contributed by atoms with Crippen LogP contribution in [0.4, 0.5) is 0 Å². The number of ether oxygens (including phenoxy) is 3. The summed E-state index contributed by atoms with van der Waals surface area (Å²) in [4.78, 5) is 29.1. The summed E-state index contributed by atoms with van der Waals surface area (Å²) < 4.78 is 17.1. The Kier molecular flexibility index (Phi) is 4.89.